The predicted octanol–water partition coefficient (Wildman–Crippen LogP) is 6.09. The van der Waals surface area contributed by atoms with Gasteiger partial charge in [-0.3, -0.25) is 0 Å². The van der Waals surface area contributed by atoms with Crippen molar-refractivity contribution >= 4 is 46.4 Å². The molecule has 112 valence electrons. The van der Waals surface area contributed by atoms with Crippen LogP contribution in [0, 0.1) is 5.82 Å². The van der Waals surface area contributed by atoms with E-state index in [1.54, 1.807) is 18.2 Å². The molecule has 2 rings (SSSR count). The van der Waals surface area contributed by atoms with Crippen molar-refractivity contribution in [3.8, 4) is 0 Å². The van der Waals surface area contributed by atoms with Crippen LogP contribution in [-0.4, -0.2) is 11.8 Å². The second-order valence-corrected chi connectivity index (χ2v) is 6.30. The molecule has 0 aromatic heterocycles. The summed E-state index contributed by atoms with van der Waals surface area (Å²) in [5.41, 5.74) is 1.05. The first-order valence-electron chi connectivity index (χ1n) is 6.33. The zero-order valence-electron chi connectivity index (χ0n) is 11.1. The van der Waals surface area contributed by atoms with Crippen LogP contribution in [0.2, 0.25) is 10.0 Å². The van der Waals surface area contributed by atoms with Crippen LogP contribution >= 0.6 is 46.4 Å². The van der Waals surface area contributed by atoms with Crippen molar-refractivity contribution in [2.24, 2.45) is 0 Å². The SMILES string of the molecule is Fc1cccc(CC(CCl)(CCl)c2cccc(Cl)c2)c1Cl. The van der Waals surface area contributed by atoms with E-state index in [-0.39, 0.29) is 16.8 Å². The number of benzene rings is 2. The highest BCUT2D eigenvalue weighted by molar-refractivity contribution is 6.31. The van der Waals surface area contributed by atoms with E-state index in [0.717, 1.165) is 5.56 Å². The third-order valence-corrected chi connectivity index (χ3v) is 5.19. The predicted molar refractivity (Wildman–Crippen MR) is 89.7 cm³/mol. The largest absolute Gasteiger partial charge is 0.205 e. The topological polar surface area (TPSA) is 0 Å². The van der Waals surface area contributed by atoms with Gasteiger partial charge in [-0.1, -0.05) is 47.5 Å². The van der Waals surface area contributed by atoms with E-state index in [9.17, 15) is 4.39 Å². The highest BCUT2D eigenvalue weighted by Crippen LogP contribution is 2.35. The van der Waals surface area contributed by atoms with Crippen LogP contribution in [0.3, 0.4) is 0 Å². The van der Waals surface area contributed by atoms with Crippen molar-refractivity contribution in [1.29, 1.82) is 0 Å². The van der Waals surface area contributed by atoms with Crippen molar-refractivity contribution in [2.75, 3.05) is 11.8 Å². The fraction of sp³-hybridized carbons (Fsp3) is 0.250. The summed E-state index contributed by atoms with van der Waals surface area (Å²) in [7, 11) is 0. The molecule has 5 heteroatoms. The van der Waals surface area contributed by atoms with Gasteiger partial charge in [0.1, 0.15) is 5.82 Å². The molecule has 0 aliphatic heterocycles. The summed E-state index contributed by atoms with van der Waals surface area (Å²) >= 11 is 24.5. The molecular weight excluding hydrogens is 353 g/mol. The van der Waals surface area contributed by atoms with Gasteiger partial charge in [-0.05, 0) is 35.7 Å². The molecule has 0 saturated heterocycles. The van der Waals surface area contributed by atoms with Gasteiger partial charge in [-0.15, -0.1) is 23.2 Å². The van der Waals surface area contributed by atoms with Gasteiger partial charge in [0.05, 0.1) is 5.02 Å². The van der Waals surface area contributed by atoms with Crippen molar-refractivity contribution in [1.82, 2.24) is 0 Å². The van der Waals surface area contributed by atoms with Crippen molar-refractivity contribution in [3.63, 3.8) is 0 Å². The Morgan fingerprint density at radius 3 is 2.24 bits per heavy atom. The lowest BCUT2D eigenvalue weighted by Gasteiger charge is -2.31. The van der Waals surface area contributed by atoms with Crippen LogP contribution in [0.1, 0.15) is 11.1 Å². The normalized spacial score (nSPS) is 11.7. The zero-order valence-corrected chi connectivity index (χ0v) is 14.1. The van der Waals surface area contributed by atoms with E-state index in [4.69, 9.17) is 46.4 Å². The van der Waals surface area contributed by atoms with E-state index < -0.39 is 11.2 Å². The summed E-state index contributed by atoms with van der Waals surface area (Å²) in [6, 6.07) is 12.1. The maximum Gasteiger partial charge on any atom is 0.142 e. The Balaban J connectivity index is 2.45. The van der Waals surface area contributed by atoms with Crippen LogP contribution in [0.5, 0.6) is 0 Å². The first-order valence-corrected chi connectivity index (χ1v) is 8.16. The van der Waals surface area contributed by atoms with Gasteiger partial charge in [0.15, 0.2) is 0 Å². The summed E-state index contributed by atoms with van der Waals surface area (Å²) in [4.78, 5) is 0. The van der Waals surface area contributed by atoms with Crippen LogP contribution in [0.15, 0.2) is 42.5 Å². The van der Waals surface area contributed by atoms with Crippen molar-refractivity contribution in [3.05, 3.63) is 69.5 Å². The highest BCUT2D eigenvalue weighted by Gasteiger charge is 2.32. The summed E-state index contributed by atoms with van der Waals surface area (Å²) < 4.78 is 13.6. The van der Waals surface area contributed by atoms with E-state index in [1.165, 1.54) is 6.07 Å². The highest BCUT2D eigenvalue weighted by atomic mass is 35.5. The number of rotatable bonds is 5. The smallest absolute Gasteiger partial charge is 0.142 e. The van der Waals surface area contributed by atoms with E-state index in [1.807, 2.05) is 18.2 Å². The second-order valence-electron chi connectivity index (χ2n) is 4.95. The number of halogens is 5. The Morgan fingerprint density at radius 1 is 0.952 bits per heavy atom. The molecular formula is C16H13Cl4F. The van der Waals surface area contributed by atoms with Gasteiger partial charge in [-0.25, -0.2) is 4.39 Å². The van der Waals surface area contributed by atoms with Crippen LogP contribution < -0.4 is 0 Å². The Kier molecular flexibility index (Phi) is 5.79. The third kappa shape index (κ3) is 3.65. The minimum absolute atomic E-state index is 0.110. The summed E-state index contributed by atoms with van der Waals surface area (Å²) in [5, 5.41) is 0.719. The molecule has 0 atom stereocenters. The average Bonchev–Trinajstić information content (AvgIpc) is 2.49. The molecule has 0 bridgehead atoms. The summed E-state index contributed by atoms with van der Waals surface area (Å²) in [6.07, 6.45) is 0.441. The van der Waals surface area contributed by atoms with Gasteiger partial charge in [-0.2, -0.15) is 0 Å². The molecule has 21 heavy (non-hydrogen) atoms. The maximum absolute atomic E-state index is 13.6. The number of hydrogen-bond donors (Lipinski definition) is 0. The monoisotopic (exact) mass is 364 g/mol. The molecule has 0 unspecified atom stereocenters. The minimum atomic E-state index is -0.550. The Hall–Kier alpha value is -0.470. The number of alkyl halides is 2. The quantitative estimate of drug-likeness (QED) is 0.562. The maximum atomic E-state index is 13.6. The fourth-order valence-corrected chi connectivity index (χ4v) is 3.42. The van der Waals surface area contributed by atoms with Crippen LogP contribution in [0.25, 0.3) is 0 Å². The van der Waals surface area contributed by atoms with Gasteiger partial charge in [0, 0.05) is 22.2 Å². The Labute approximate surface area is 143 Å². The minimum Gasteiger partial charge on any atom is -0.205 e. The average molecular weight is 366 g/mol. The molecule has 0 heterocycles. The van der Waals surface area contributed by atoms with E-state index in [2.05, 4.69) is 0 Å². The molecule has 0 aliphatic carbocycles. The van der Waals surface area contributed by atoms with Gasteiger partial charge >= 0.3 is 0 Å². The van der Waals surface area contributed by atoms with Crippen molar-refractivity contribution < 1.29 is 4.39 Å². The third-order valence-electron chi connectivity index (χ3n) is 3.51. The fourth-order valence-electron chi connectivity index (χ4n) is 2.25. The van der Waals surface area contributed by atoms with E-state index in [0.29, 0.717) is 17.0 Å². The van der Waals surface area contributed by atoms with E-state index >= 15 is 0 Å². The molecule has 0 aliphatic rings. The first-order chi connectivity index (χ1) is 10.0. The Morgan fingerprint density at radius 2 is 1.62 bits per heavy atom. The van der Waals surface area contributed by atoms with Gasteiger partial charge in [0.25, 0.3) is 0 Å². The standard InChI is InChI=1S/C16H13Cl4F/c17-9-16(10-18,12-4-2-5-13(19)7-12)8-11-3-1-6-14(21)15(11)20/h1-7H,8-10H2. The first kappa shape index (κ1) is 16.9. The lowest BCUT2D eigenvalue weighted by molar-refractivity contribution is 0.533. The Bertz CT molecular complexity index is 623. The second kappa shape index (κ2) is 7.19. The zero-order chi connectivity index (χ0) is 15.5. The molecule has 0 amide bonds. The van der Waals surface area contributed by atoms with Crippen LogP contribution in [0.4, 0.5) is 4.39 Å². The molecule has 0 fully saturated rings. The molecule has 2 aromatic rings. The van der Waals surface area contributed by atoms with Gasteiger partial charge in [0.2, 0.25) is 0 Å². The molecule has 2 aromatic carbocycles. The molecule has 0 nitrogen and oxygen atoms in total. The summed E-state index contributed by atoms with van der Waals surface area (Å²) in [6.45, 7) is 0. The number of hydrogen-bond acceptors (Lipinski definition) is 0. The molecule has 0 spiro atoms. The lowest BCUT2D eigenvalue weighted by Crippen LogP contribution is -2.33. The lowest BCUT2D eigenvalue weighted by atomic mass is 9.78. The molecule has 0 saturated carbocycles. The van der Waals surface area contributed by atoms with Crippen molar-refractivity contribution in [2.45, 2.75) is 11.8 Å². The molecule has 0 N–H and O–H groups in total. The van der Waals surface area contributed by atoms with Crippen LogP contribution in [-0.2, 0) is 11.8 Å². The molecule has 0 radical (unpaired) electrons. The van der Waals surface area contributed by atoms with Gasteiger partial charge < -0.3 is 0 Å². The summed E-state index contributed by atoms with van der Waals surface area (Å²) in [5.74, 6) is 0.117.